The molecule has 74 valence electrons. The van der Waals surface area contributed by atoms with Crippen LogP contribution >= 0.6 is 15.9 Å². The maximum Gasteiger partial charge on any atom is 0.249 e. The molecular weight excluding hydrogens is 234 g/mol. The summed E-state index contributed by atoms with van der Waals surface area (Å²) in [6.45, 7) is 6.81. The van der Waals surface area contributed by atoms with Gasteiger partial charge in [-0.2, -0.15) is 0 Å². The number of nitrogens with one attached hydrogen (secondary N) is 1. The van der Waals surface area contributed by atoms with Crippen LogP contribution in [0.15, 0.2) is 11.1 Å². The third-order valence-electron chi connectivity index (χ3n) is 2.10. The normalized spacial score (nSPS) is 27.2. The van der Waals surface area contributed by atoms with Crippen LogP contribution in [0, 0.1) is 5.92 Å². The largest absolute Gasteiger partial charge is 0.368 e. The minimum atomic E-state index is -0.271. The van der Waals surface area contributed by atoms with Gasteiger partial charge in [-0.15, -0.1) is 0 Å². The first-order chi connectivity index (χ1) is 6.11. The summed E-state index contributed by atoms with van der Waals surface area (Å²) in [6.07, 6.45) is 0.694. The van der Waals surface area contributed by atoms with Gasteiger partial charge in [0.2, 0.25) is 5.91 Å². The molecule has 1 aliphatic heterocycles. The van der Waals surface area contributed by atoms with Crippen molar-refractivity contribution in [2.75, 3.05) is 13.2 Å². The fourth-order valence-electron chi connectivity index (χ4n) is 1.31. The predicted molar refractivity (Wildman–Crippen MR) is 54.6 cm³/mol. The third-order valence-corrected chi connectivity index (χ3v) is 2.38. The van der Waals surface area contributed by atoms with Crippen LogP contribution in [0.2, 0.25) is 0 Å². The van der Waals surface area contributed by atoms with E-state index in [-0.39, 0.29) is 12.0 Å². The van der Waals surface area contributed by atoms with E-state index in [1.165, 1.54) is 0 Å². The Balaban J connectivity index is 2.34. The summed E-state index contributed by atoms with van der Waals surface area (Å²) in [5.74, 6) is 0.286. The van der Waals surface area contributed by atoms with Gasteiger partial charge in [0.1, 0.15) is 6.10 Å². The summed E-state index contributed by atoms with van der Waals surface area (Å²) in [6, 6.07) is 0. The van der Waals surface area contributed by atoms with Crippen molar-refractivity contribution in [2.24, 2.45) is 5.92 Å². The average molecular weight is 248 g/mol. The van der Waals surface area contributed by atoms with Crippen molar-refractivity contribution >= 4 is 21.8 Å². The number of ether oxygens (including phenoxy) is 1. The van der Waals surface area contributed by atoms with E-state index in [1.54, 1.807) is 0 Å². The van der Waals surface area contributed by atoms with Gasteiger partial charge in [0.05, 0.1) is 0 Å². The van der Waals surface area contributed by atoms with E-state index in [4.69, 9.17) is 4.74 Å². The molecule has 2 unspecified atom stereocenters. The van der Waals surface area contributed by atoms with Gasteiger partial charge in [0.15, 0.2) is 0 Å². The zero-order chi connectivity index (χ0) is 9.84. The molecule has 1 N–H and O–H groups in total. The number of halogens is 1. The highest BCUT2D eigenvalue weighted by atomic mass is 79.9. The van der Waals surface area contributed by atoms with Crippen molar-refractivity contribution in [3.63, 3.8) is 0 Å². The Morgan fingerprint density at radius 2 is 2.46 bits per heavy atom. The van der Waals surface area contributed by atoms with Crippen LogP contribution in [0.25, 0.3) is 0 Å². The van der Waals surface area contributed by atoms with E-state index in [2.05, 4.69) is 27.8 Å². The molecule has 1 saturated heterocycles. The number of rotatable bonds is 3. The van der Waals surface area contributed by atoms with Crippen molar-refractivity contribution in [3.8, 4) is 0 Å². The standard InChI is InChI=1S/C9H14BrNO2/c1-6-3-4-13-8(6)9(12)11-5-7(2)10/h6,8H,2-5H2,1H3,(H,11,12). The molecule has 0 bridgehead atoms. The van der Waals surface area contributed by atoms with E-state index >= 15 is 0 Å². The molecule has 0 saturated carbocycles. The van der Waals surface area contributed by atoms with E-state index in [0.717, 1.165) is 10.9 Å². The predicted octanol–water partition coefficient (Wildman–Crippen LogP) is 1.44. The number of hydrogen-bond donors (Lipinski definition) is 1. The molecular formula is C9H14BrNO2. The topological polar surface area (TPSA) is 38.3 Å². The summed E-state index contributed by atoms with van der Waals surface area (Å²) < 4.78 is 6.07. The van der Waals surface area contributed by atoms with Crippen molar-refractivity contribution in [1.82, 2.24) is 5.32 Å². The molecule has 4 heteroatoms. The highest BCUT2D eigenvalue weighted by Gasteiger charge is 2.30. The Labute approximate surface area is 86.7 Å². The molecule has 1 rings (SSSR count). The summed E-state index contributed by atoms with van der Waals surface area (Å²) in [5, 5.41) is 2.74. The number of amides is 1. The molecule has 1 fully saturated rings. The summed E-state index contributed by atoms with van der Waals surface area (Å²) in [5.41, 5.74) is 0. The summed E-state index contributed by atoms with van der Waals surface area (Å²) in [7, 11) is 0. The minimum Gasteiger partial charge on any atom is -0.368 e. The lowest BCUT2D eigenvalue weighted by atomic mass is 10.0. The van der Waals surface area contributed by atoms with E-state index in [1.807, 2.05) is 6.92 Å². The molecule has 1 amide bonds. The van der Waals surface area contributed by atoms with Crippen LogP contribution in [0.3, 0.4) is 0 Å². The Morgan fingerprint density at radius 1 is 1.77 bits per heavy atom. The van der Waals surface area contributed by atoms with Gasteiger partial charge in [-0.25, -0.2) is 0 Å². The van der Waals surface area contributed by atoms with Crippen LogP contribution in [0.4, 0.5) is 0 Å². The zero-order valence-electron chi connectivity index (χ0n) is 7.68. The van der Waals surface area contributed by atoms with E-state index < -0.39 is 0 Å². The second-order valence-electron chi connectivity index (χ2n) is 3.29. The Kier molecular flexibility index (Phi) is 3.93. The monoisotopic (exact) mass is 247 g/mol. The van der Waals surface area contributed by atoms with Crippen LogP contribution in [-0.2, 0) is 9.53 Å². The van der Waals surface area contributed by atoms with Crippen molar-refractivity contribution in [1.29, 1.82) is 0 Å². The van der Waals surface area contributed by atoms with Gasteiger partial charge in [-0.05, 0) is 12.3 Å². The molecule has 1 aliphatic rings. The van der Waals surface area contributed by atoms with Gasteiger partial charge >= 0.3 is 0 Å². The van der Waals surface area contributed by atoms with E-state index in [0.29, 0.717) is 19.1 Å². The lowest BCUT2D eigenvalue weighted by Gasteiger charge is -2.13. The SMILES string of the molecule is C=C(Br)CNC(=O)C1OCCC1C. The molecule has 0 aromatic carbocycles. The molecule has 0 radical (unpaired) electrons. The number of hydrogen-bond acceptors (Lipinski definition) is 2. The van der Waals surface area contributed by atoms with Gasteiger partial charge < -0.3 is 10.1 Å². The quantitative estimate of drug-likeness (QED) is 0.820. The third kappa shape index (κ3) is 3.12. The van der Waals surface area contributed by atoms with Gasteiger partial charge in [0.25, 0.3) is 0 Å². The highest BCUT2D eigenvalue weighted by molar-refractivity contribution is 9.11. The van der Waals surface area contributed by atoms with Crippen LogP contribution in [0.5, 0.6) is 0 Å². The molecule has 0 aliphatic carbocycles. The van der Waals surface area contributed by atoms with Gasteiger partial charge in [0, 0.05) is 17.6 Å². The maximum atomic E-state index is 11.5. The Morgan fingerprint density at radius 3 is 2.92 bits per heavy atom. The molecule has 13 heavy (non-hydrogen) atoms. The molecule has 0 spiro atoms. The van der Waals surface area contributed by atoms with Crippen molar-refractivity contribution in [2.45, 2.75) is 19.4 Å². The fraction of sp³-hybridized carbons (Fsp3) is 0.667. The lowest BCUT2D eigenvalue weighted by Crippen LogP contribution is -2.37. The summed E-state index contributed by atoms with van der Waals surface area (Å²) >= 11 is 3.18. The second-order valence-corrected chi connectivity index (χ2v) is 4.41. The first-order valence-corrected chi connectivity index (χ1v) is 5.13. The minimum absolute atomic E-state index is 0.0365. The molecule has 0 aromatic heterocycles. The van der Waals surface area contributed by atoms with Crippen molar-refractivity contribution in [3.05, 3.63) is 11.1 Å². The van der Waals surface area contributed by atoms with Gasteiger partial charge in [-0.3, -0.25) is 4.79 Å². The van der Waals surface area contributed by atoms with Crippen molar-refractivity contribution < 1.29 is 9.53 Å². The average Bonchev–Trinajstić information content (AvgIpc) is 2.47. The highest BCUT2D eigenvalue weighted by Crippen LogP contribution is 2.19. The van der Waals surface area contributed by atoms with Crippen LogP contribution in [-0.4, -0.2) is 25.2 Å². The van der Waals surface area contributed by atoms with E-state index in [9.17, 15) is 4.79 Å². The van der Waals surface area contributed by atoms with Crippen LogP contribution < -0.4 is 5.32 Å². The maximum absolute atomic E-state index is 11.5. The fourth-order valence-corrected chi connectivity index (χ4v) is 1.45. The smallest absolute Gasteiger partial charge is 0.249 e. The first kappa shape index (κ1) is 10.7. The number of carbonyl (C=O) groups excluding carboxylic acids is 1. The summed E-state index contributed by atoms with van der Waals surface area (Å²) in [4.78, 5) is 11.5. The van der Waals surface area contributed by atoms with Gasteiger partial charge in [-0.1, -0.05) is 29.4 Å². The number of carbonyl (C=O) groups is 1. The lowest BCUT2D eigenvalue weighted by molar-refractivity contribution is -0.131. The molecule has 2 atom stereocenters. The molecule has 0 aromatic rings. The Bertz CT molecular complexity index is 218. The zero-order valence-corrected chi connectivity index (χ0v) is 9.26. The second kappa shape index (κ2) is 4.77. The molecule has 3 nitrogen and oxygen atoms in total. The van der Waals surface area contributed by atoms with Crippen LogP contribution in [0.1, 0.15) is 13.3 Å². The molecule has 1 heterocycles. The first-order valence-electron chi connectivity index (χ1n) is 4.34. The Hall–Kier alpha value is -0.350.